The van der Waals surface area contributed by atoms with Gasteiger partial charge in [-0.25, -0.2) is 4.57 Å². The fourth-order valence-corrected chi connectivity index (χ4v) is 14.1. The van der Waals surface area contributed by atoms with E-state index in [0.717, 1.165) is 96.3 Å². The lowest BCUT2D eigenvalue weighted by Gasteiger charge is -2.49. The van der Waals surface area contributed by atoms with Crippen LogP contribution in [0.15, 0.2) is 0 Å². The molecule has 24 nitrogen and oxygen atoms in total. The van der Waals surface area contributed by atoms with Gasteiger partial charge in [0.1, 0.15) is 98.7 Å². The van der Waals surface area contributed by atoms with Gasteiger partial charge in [0.2, 0.25) is 0 Å². The SMILES string of the molecule is CCCCCCCCCCCCCCCCC(=O)OCC1OC(OC2C(O)C(O)C(O)C(OC3OC(CO)C(O)C(O)C3O)C2OP(=O)(O)OCC(COC(=O)CCCCCCCCC(C)CCCCCCCC)OC(=O)CCCCCCCCCCCCCCC)C(O)C(O)C1O. The summed E-state index contributed by atoms with van der Waals surface area (Å²) in [5.74, 6) is -1.28. The number of rotatable bonds is 60. The van der Waals surface area contributed by atoms with Crippen LogP contribution in [0.5, 0.6) is 0 Å². The molecule has 0 aromatic carbocycles. The van der Waals surface area contributed by atoms with Crippen LogP contribution in [0.25, 0.3) is 0 Å². The van der Waals surface area contributed by atoms with E-state index >= 15 is 0 Å². The van der Waals surface area contributed by atoms with Gasteiger partial charge < -0.3 is 89.1 Å². The van der Waals surface area contributed by atoms with Crippen molar-refractivity contribution in [2.24, 2.45) is 5.92 Å². The third-order valence-electron chi connectivity index (χ3n) is 19.5. The van der Waals surface area contributed by atoms with Crippen molar-refractivity contribution in [3.8, 4) is 0 Å². The lowest BCUT2D eigenvalue weighted by molar-refractivity contribution is -0.360. The van der Waals surface area contributed by atoms with Gasteiger partial charge in [0.05, 0.1) is 13.2 Å². The maximum atomic E-state index is 14.3. The summed E-state index contributed by atoms with van der Waals surface area (Å²) in [6, 6.07) is 0. The van der Waals surface area contributed by atoms with Crippen LogP contribution in [-0.4, -0.2) is 204 Å². The Kier molecular flexibility index (Phi) is 50.2. The van der Waals surface area contributed by atoms with Gasteiger partial charge in [-0.15, -0.1) is 0 Å². The Morgan fingerprint density at radius 2 is 0.714 bits per heavy atom. The third-order valence-corrected chi connectivity index (χ3v) is 20.5. The van der Waals surface area contributed by atoms with Crippen LogP contribution in [0.4, 0.5) is 0 Å². The Morgan fingerprint density at radius 3 is 1.10 bits per heavy atom. The highest BCUT2D eigenvalue weighted by atomic mass is 31.2. The highest BCUT2D eigenvalue weighted by Gasteiger charge is 2.58. The predicted molar refractivity (Wildman–Crippen MR) is 370 cm³/mol. The molecule has 0 amide bonds. The molecule has 1 aliphatic carbocycles. The van der Waals surface area contributed by atoms with Crippen molar-refractivity contribution in [2.45, 2.75) is 414 Å². The summed E-state index contributed by atoms with van der Waals surface area (Å²) in [7, 11) is -5.69. The second-order valence-electron chi connectivity index (χ2n) is 28.4. The number of esters is 3. The summed E-state index contributed by atoms with van der Waals surface area (Å²) in [6.45, 7) is 5.80. The first kappa shape index (κ1) is 90.2. The number of phosphoric acid groups is 1. The molecule has 3 fully saturated rings. The minimum atomic E-state index is -5.69. The highest BCUT2D eigenvalue weighted by Crippen LogP contribution is 2.49. The molecule has 1 saturated carbocycles. The first-order valence-corrected chi connectivity index (χ1v) is 40.2. The summed E-state index contributed by atoms with van der Waals surface area (Å²) < 4.78 is 65.1. The quantitative estimate of drug-likeness (QED) is 0.0117. The number of carbonyl (C=O) groups is 3. The average Bonchev–Trinajstić information content (AvgIpc) is 0.764. The van der Waals surface area contributed by atoms with Gasteiger partial charge >= 0.3 is 25.7 Å². The topological polar surface area (TPSA) is 374 Å². The van der Waals surface area contributed by atoms with Gasteiger partial charge in [-0.3, -0.25) is 23.4 Å². The molecule has 2 saturated heterocycles. The van der Waals surface area contributed by atoms with Crippen LogP contribution in [0.1, 0.15) is 310 Å². The van der Waals surface area contributed by atoms with Crippen molar-refractivity contribution < 1.29 is 117 Å². The van der Waals surface area contributed by atoms with Crippen molar-refractivity contribution >= 4 is 25.7 Å². The van der Waals surface area contributed by atoms with Crippen LogP contribution in [-0.2, 0) is 61.2 Å². The third kappa shape index (κ3) is 37.6. The van der Waals surface area contributed by atoms with Crippen LogP contribution in [0, 0.1) is 5.92 Å². The zero-order chi connectivity index (χ0) is 71.9. The van der Waals surface area contributed by atoms with Gasteiger partial charge in [-0.05, 0) is 25.2 Å². The molecule has 25 heteroatoms. The van der Waals surface area contributed by atoms with Crippen molar-refractivity contribution in [3.05, 3.63) is 0 Å². The van der Waals surface area contributed by atoms with E-state index in [1.54, 1.807) is 0 Å². The minimum absolute atomic E-state index is 0.0333. The molecule has 3 rings (SSSR count). The Labute approximate surface area is 587 Å². The summed E-state index contributed by atoms with van der Waals surface area (Å²) in [6.07, 6.45) is 10.2. The van der Waals surface area contributed by atoms with Gasteiger partial charge in [0.15, 0.2) is 18.7 Å². The maximum Gasteiger partial charge on any atom is 0.472 e. The predicted octanol–water partition coefficient (Wildman–Crippen LogP) is 10.8. The second-order valence-corrected chi connectivity index (χ2v) is 29.8. The number of hydrogen-bond acceptors (Lipinski definition) is 23. The number of hydrogen-bond donors (Lipinski definition) is 11. The Balaban J connectivity index is 1.73. The molecule has 0 aromatic heterocycles. The molecule has 98 heavy (non-hydrogen) atoms. The smallest absolute Gasteiger partial charge is 0.463 e. The Morgan fingerprint density at radius 1 is 0.388 bits per heavy atom. The highest BCUT2D eigenvalue weighted by molar-refractivity contribution is 7.47. The molecule has 19 atom stereocenters. The maximum absolute atomic E-state index is 14.3. The monoisotopic (exact) mass is 1430 g/mol. The molecule has 3 aliphatic rings. The van der Waals surface area contributed by atoms with E-state index in [4.69, 9.17) is 42.2 Å². The van der Waals surface area contributed by atoms with Crippen molar-refractivity contribution in [2.75, 3.05) is 26.4 Å². The number of carbonyl (C=O) groups excluding carboxylic acids is 3. The average molecular weight is 1430 g/mol. The van der Waals surface area contributed by atoms with E-state index in [-0.39, 0.29) is 19.3 Å². The molecule has 11 N–H and O–H groups in total. The molecular weight excluding hydrogens is 1290 g/mol. The first-order valence-electron chi connectivity index (χ1n) is 38.7. The zero-order valence-corrected chi connectivity index (χ0v) is 61.4. The van der Waals surface area contributed by atoms with Crippen LogP contribution >= 0.6 is 7.82 Å². The second kappa shape index (κ2) is 54.6. The molecule has 0 radical (unpaired) electrons. The number of aliphatic hydroxyl groups excluding tert-OH is 10. The normalized spacial score (nSPS) is 27.9. The van der Waals surface area contributed by atoms with Gasteiger partial charge in [-0.2, -0.15) is 0 Å². The van der Waals surface area contributed by atoms with Gasteiger partial charge in [0.25, 0.3) is 0 Å². The molecule has 19 unspecified atom stereocenters. The summed E-state index contributed by atoms with van der Waals surface area (Å²) in [5.41, 5.74) is 0. The van der Waals surface area contributed by atoms with Gasteiger partial charge in [-0.1, -0.05) is 272 Å². The lowest BCUT2D eigenvalue weighted by Crippen LogP contribution is -2.69. The molecule has 2 aliphatic heterocycles. The number of ether oxygens (including phenoxy) is 7. The summed E-state index contributed by atoms with van der Waals surface area (Å²) in [5, 5.41) is 110. The van der Waals surface area contributed by atoms with E-state index in [1.165, 1.54) is 148 Å². The standard InChI is InChI=1S/C73H137O24P/c1-5-8-11-14-17-19-21-23-25-26-28-30-36-42-47-58(76)90-52-56-61(79)63(81)68(86)73(94-56)96-70-66(84)64(82)65(83)69(95-72-67(85)62(80)60(78)55(49-74)93-72)71(70)97-98(87,88)91-51-54(92-59(77)48-43-38-31-29-27-24-22-20-18-15-12-9-6-2)50-89-57(75)46-41-37-33-32-35-40-45-53(4)44-39-34-16-13-10-7-3/h53-56,60-74,78-86H,5-52H2,1-4H3,(H,87,88). The molecule has 0 spiro atoms. The summed E-state index contributed by atoms with van der Waals surface area (Å²) in [4.78, 5) is 51.1. The van der Waals surface area contributed by atoms with Crippen molar-refractivity contribution in [3.63, 3.8) is 0 Å². The van der Waals surface area contributed by atoms with Crippen LogP contribution in [0.3, 0.4) is 0 Å². The lowest BCUT2D eigenvalue weighted by atomic mass is 9.84. The van der Waals surface area contributed by atoms with Crippen molar-refractivity contribution in [1.82, 2.24) is 0 Å². The van der Waals surface area contributed by atoms with E-state index < -0.39 is 156 Å². The molecule has 0 aromatic rings. The number of unbranched alkanes of at least 4 members (excludes halogenated alkanes) is 35. The molecular formula is C73H137O24P. The number of phosphoric ester groups is 1. The van der Waals surface area contributed by atoms with Crippen LogP contribution < -0.4 is 0 Å². The van der Waals surface area contributed by atoms with E-state index in [1.807, 2.05) is 0 Å². The largest absolute Gasteiger partial charge is 0.472 e. The van der Waals surface area contributed by atoms with E-state index in [2.05, 4.69) is 27.7 Å². The van der Waals surface area contributed by atoms with Gasteiger partial charge in [0, 0.05) is 19.3 Å². The fourth-order valence-electron chi connectivity index (χ4n) is 13.1. The Hall–Kier alpha value is -2.04. The molecule has 578 valence electrons. The number of aliphatic hydroxyl groups is 10. The molecule has 2 heterocycles. The van der Waals surface area contributed by atoms with E-state index in [9.17, 15) is 74.9 Å². The molecule has 0 bridgehead atoms. The van der Waals surface area contributed by atoms with Crippen molar-refractivity contribution in [1.29, 1.82) is 0 Å². The summed E-state index contributed by atoms with van der Waals surface area (Å²) >= 11 is 0. The first-order chi connectivity index (χ1) is 47.2. The zero-order valence-electron chi connectivity index (χ0n) is 60.5. The Bertz CT molecular complexity index is 2050. The minimum Gasteiger partial charge on any atom is -0.463 e. The van der Waals surface area contributed by atoms with E-state index in [0.29, 0.717) is 25.2 Å². The fraction of sp³-hybridized carbons (Fsp3) is 0.959. The van der Waals surface area contributed by atoms with Crippen LogP contribution in [0.2, 0.25) is 0 Å².